The second-order valence-corrected chi connectivity index (χ2v) is 3.26. The zero-order valence-corrected chi connectivity index (χ0v) is 7.73. The lowest BCUT2D eigenvalue weighted by Gasteiger charge is -1.97. The minimum atomic E-state index is 0.575. The zero-order valence-electron chi connectivity index (χ0n) is 7.73. The molecule has 2 aliphatic heterocycles. The maximum Gasteiger partial charge on any atom is 0.147 e. The summed E-state index contributed by atoms with van der Waals surface area (Å²) >= 11 is 0. The molecule has 16 heavy (non-hydrogen) atoms. The molecule has 0 saturated heterocycles. The van der Waals surface area contributed by atoms with Crippen molar-refractivity contribution in [3.8, 4) is 0 Å². The molecular formula is C8H2N8. The van der Waals surface area contributed by atoms with Gasteiger partial charge in [0, 0.05) is 6.20 Å². The predicted molar refractivity (Wildman–Crippen MR) is 50.9 cm³/mol. The van der Waals surface area contributed by atoms with Crippen molar-refractivity contribution in [2.45, 2.75) is 0 Å². The standard InChI is InChI=1S/C8H2N8/c1-3-4(10-2-9-1)6-8(14-16-12-6)7-5(3)11-15-13-7/h1-2H. The molecule has 4 rings (SSSR count). The Labute approximate surface area is 87.2 Å². The Morgan fingerprint density at radius 1 is 0.875 bits per heavy atom. The van der Waals surface area contributed by atoms with Crippen LogP contribution >= 0.6 is 0 Å². The Hall–Kier alpha value is -2.64. The quantitative estimate of drug-likeness (QED) is 0.644. The molecule has 0 amide bonds. The topological polar surface area (TPSA) is 99.9 Å². The van der Waals surface area contributed by atoms with E-state index >= 15 is 0 Å². The Bertz CT molecular complexity index is 734. The van der Waals surface area contributed by atoms with Gasteiger partial charge in [-0.05, 0) is 10.4 Å². The van der Waals surface area contributed by atoms with Crippen molar-refractivity contribution < 1.29 is 0 Å². The fourth-order valence-electron chi connectivity index (χ4n) is 1.76. The lowest BCUT2D eigenvalue weighted by molar-refractivity contribution is 1.07. The summed E-state index contributed by atoms with van der Waals surface area (Å²) < 4.78 is 0. The first-order chi connectivity index (χ1) is 7.95. The smallest absolute Gasteiger partial charge is 0.147 e. The number of nitrogens with zero attached hydrogens (tertiary/aromatic N) is 8. The molecule has 0 atom stereocenters. The van der Waals surface area contributed by atoms with Crippen molar-refractivity contribution in [1.29, 1.82) is 0 Å². The van der Waals surface area contributed by atoms with Crippen molar-refractivity contribution in [2.75, 3.05) is 0 Å². The Morgan fingerprint density at radius 2 is 1.62 bits per heavy atom. The first-order valence-corrected chi connectivity index (χ1v) is 4.48. The van der Waals surface area contributed by atoms with Gasteiger partial charge in [0.1, 0.15) is 33.9 Å². The van der Waals surface area contributed by atoms with Crippen LogP contribution in [0.15, 0.2) is 43.4 Å². The van der Waals surface area contributed by atoms with Crippen LogP contribution in [0.2, 0.25) is 0 Å². The number of fused-ring (bicyclic) bond motifs is 6. The molecule has 0 aliphatic carbocycles. The third-order valence-corrected chi connectivity index (χ3v) is 2.44. The monoisotopic (exact) mass is 210 g/mol. The van der Waals surface area contributed by atoms with Crippen LogP contribution in [0.4, 0.5) is 11.4 Å². The van der Waals surface area contributed by atoms with E-state index in [2.05, 4.69) is 40.8 Å². The van der Waals surface area contributed by atoms with E-state index in [1.54, 1.807) is 6.20 Å². The van der Waals surface area contributed by atoms with Gasteiger partial charge in [-0.25, -0.2) is 9.97 Å². The highest BCUT2D eigenvalue weighted by atomic mass is 15.4. The summed E-state index contributed by atoms with van der Waals surface area (Å²) in [5.41, 5.74) is 1.83. The highest BCUT2D eigenvalue weighted by molar-refractivity contribution is 5.86. The summed E-state index contributed by atoms with van der Waals surface area (Å²) in [6, 6.07) is 0. The molecule has 2 aliphatic rings. The fourth-order valence-corrected chi connectivity index (χ4v) is 1.76. The molecular weight excluding hydrogens is 208 g/mol. The van der Waals surface area contributed by atoms with E-state index in [9.17, 15) is 0 Å². The second kappa shape index (κ2) is 2.48. The van der Waals surface area contributed by atoms with E-state index in [1.165, 1.54) is 6.33 Å². The largest absolute Gasteiger partial charge is 0.244 e. The Balaban J connectivity index is 2.43. The average molecular weight is 210 g/mol. The van der Waals surface area contributed by atoms with Gasteiger partial charge in [0.15, 0.2) is 0 Å². The number of hydrogen-bond donors (Lipinski definition) is 0. The zero-order chi connectivity index (χ0) is 10.5. The summed E-state index contributed by atoms with van der Waals surface area (Å²) in [7, 11) is 0. The van der Waals surface area contributed by atoms with Crippen molar-refractivity contribution in [3.63, 3.8) is 0 Å². The van der Waals surface area contributed by atoms with E-state index in [0.29, 0.717) is 27.6 Å². The molecule has 8 heteroatoms. The molecule has 74 valence electrons. The van der Waals surface area contributed by atoms with Gasteiger partial charge < -0.3 is 0 Å². The minimum Gasteiger partial charge on any atom is -0.244 e. The van der Waals surface area contributed by atoms with E-state index in [1.807, 2.05) is 0 Å². The van der Waals surface area contributed by atoms with Gasteiger partial charge in [0.05, 0.1) is 5.39 Å². The third-order valence-electron chi connectivity index (χ3n) is 2.44. The first-order valence-electron chi connectivity index (χ1n) is 4.48. The normalized spacial score (nSPS) is 14.8. The van der Waals surface area contributed by atoms with Crippen LogP contribution in [0.25, 0.3) is 10.9 Å². The van der Waals surface area contributed by atoms with Gasteiger partial charge in [-0.1, -0.05) is 0 Å². The van der Waals surface area contributed by atoms with Crippen molar-refractivity contribution in [1.82, 2.24) is 9.97 Å². The summed E-state index contributed by atoms with van der Waals surface area (Å²) in [6.45, 7) is 0. The van der Waals surface area contributed by atoms with Crippen LogP contribution in [0.1, 0.15) is 0 Å². The lowest BCUT2D eigenvalue weighted by atomic mass is 10.1. The van der Waals surface area contributed by atoms with Crippen molar-refractivity contribution >= 4 is 22.3 Å². The Morgan fingerprint density at radius 3 is 2.50 bits per heavy atom. The maximum absolute atomic E-state index is 4.16. The van der Waals surface area contributed by atoms with Crippen molar-refractivity contribution in [2.24, 2.45) is 30.9 Å². The number of hydrogen-bond acceptors (Lipinski definition) is 8. The predicted octanol–water partition coefficient (Wildman–Crippen LogP) is 0.894. The average Bonchev–Trinajstić information content (AvgIpc) is 2.98. The van der Waals surface area contributed by atoms with Crippen LogP contribution in [-0.2, 0) is 0 Å². The van der Waals surface area contributed by atoms with Gasteiger partial charge in [0.25, 0.3) is 0 Å². The molecule has 8 nitrogen and oxygen atoms in total. The molecule has 0 bridgehead atoms. The molecule has 0 unspecified atom stereocenters. The van der Waals surface area contributed by atoms with Gasteiger partial charge in [0.2, 0.25) is 0 Å². The second-order valence-electron chi connectivity index (χ2n) is 3.26. The van der Waals surface area contributed by atoms with E-state index < -0.39 is 0 Å². The molecule has 0 fully saturated rings. The van der Waals surface area contributed by atoms with E-state index in [-0.39, 0.29) is 0 Å². The van der Waals surface area contributed by atoms with Crippen LogP contribution in [0, 0.1) is 0 Å². The van der Waals surface area contributed by atoms with Gasteiger partial charge >= 0.3 is 0 Å². The summed E-state index contributed by atoms with van der Waals surface area (Å²) in [5, 5.41) is 24.9. The first kappa shape index (κ1) is 7.63. The van der Waals surface area contributed by atoms with Crippen LogP contribution < -0.4 is 10.7 Å². The molecule has 0 spiro atoms. The van der Waals surface area contributed by atoms with Crippen LogP contribution in [0.5, 0.6) is 0 Å². The van der Waals surface area contributed by atoms with Crippen molar-refractivity contribution in [3.05, 3.63) is 23.2 Å². The third kappa shape index (κ3) is 0.749. The summed E-state index contributed by atoms with van der Waals surface area (Å²) in [6.07, 6.45) is 3.11. The highest BCUT2D eigenvalue weighted by Crippen LogP contribution is 2.27. The molecule has 1 aromatic heterocycles. The molecule has 2 aromatic rings. The lowest BCUT2D eigenvalue weighted by Crippen LogP contribution is -2.12. The molecule has 0 N–H and O–H groups in total. The SMILES string of the molecule is c1ncc2c3c(c4c(c2n1)=NN=N4)N=NN=3. The molecule has 1 aromatic carbocycles. The number of aromatic nitrogens is 2. The van der Waals surface area contributed by atoms with Gasteiger partial charge in [-0.2, -0.15) is 0 Å². The van der Waals surface area contributed by atoms with E-state index in [4.69, 9.17) is 0 Å². The number of rotatable bonds is 0. The summed E-state index contributed by atoms with van der Waals surface area (Å²) in [4.78, 5) is 8.12. The molecule has 0 saturated carbocycles. The fraction of sp³-hybridized carbons (Fsp3) is 0. The Kier molecular flexibility index (Phi) is 1.18. The van der Waals surface area contributed by atoms with E-state index in [0.717, 1.165) is 5.39 Å². The molecule has 3 heterocycles. The molecule has 0 radical (unpaired) electrons. The van der Waals surface area contributed by atoms with Gasteiger partial charge in [-0.15, -0.1) is 20.4 Å². The van der Waals surface area contributed by atoms with Crippen LogP contribution in [-0.4, -0.2) is 9.97 Å². The minimum absolute atomic E-state index is 0.575. The van der Waals surface area contributed by atoms with Gasteiger partial charge in [-0.3, -0.25) is 0 Å². The highest BCUT2D eigenvalue weighted by Gasteiger charge is 2.19. The summed E-state index contributed by atoms with van der Waals surface area (Å²) in [5.74, 6) is 0. The van der Waals surface area contributed by atoms with Crippen LogP contribution in [0.3, 0.4) is 0 Å². The number of benzene rings is 1. The maximum atomic E-state index is 4.16.